The van der Waals surface area contributed by atoms with Crippen LogP contribution in [0.1, 0.15) is 22.7 Å². The minimum atomic E-state index is -0.450. The summed E-state index contributed by atoms with van der Waals surface area (Å²) in [6, 6.07) is 12.8. The van der Waals surface area contributed by atoms with Crippen molar-refractivity contribution < 1.29 is 5.11 Å². The fourth-order valence-corrected chi connectivity index (χ4v) is 2.67. The van der Waals surface area contributed by atoms with Crippen molar-refractivity contribution in [3.8, 4) is 5.75 Å². The van der Waals surface area contributed by atoms with Gasteiger partial charge >= 0.3 is 0 Å². The summed E-state index contributed by atoms with van der Waals surface area (Å²) in [7, 11) is 0. The van der Waals surface area contributed by atoms with Crippen LogP contribution in [-0.4, -0.2) is 10.1 Å². The molecular formula is C17H15ClN2O. The average Bonchev–Trinajstić information content (AvgIpc) is 2.51. The van der Waals surface area contributed by atoms with Crippen LogP contribution in [0.2, 0.25) is 5.02 Å². The van der Waals surface area contributed by atoms with Crippen LogP contribution in [0.25, 0.3) is 10.9 Å². The molecule has 0 saturated carbocycles. The Labute approximate surface area is 128 Å². The van der Waals surface area contributed by atoms with Crippen molar-refractivity contribution >= 4 is 22.5 Å². The van der Waals surface area contributed by atoms with Crippen molar-refractivity contribution in [3.63, 3.8) is 0 Å². The highest BCUT2D eigenvalue weighted by molar-refractivity contribution is 6.35. The highest BCUT2D eigenvalue weighted by Gasteiger charge is 2.18. The Morgan fingerprint density at radius 3 is 2.62 bits per heavy atom. The van der Waals surface area contributed by atoms with E-state index in [-0.39, 0.29) is 5.75 Å². The van der Waals surface area contributed by atoms with Crippen LogP contribution in [0.15, 0.2) is 48.7 Å². The fraction of sp³-hybridized carbons (Fsp3) is 0.118. The molecule has 1 heterocycles. The quantitative estimate of drug-likeness (QED) is 0.753. The third-order valence-electron chi connectivity index (χ3n) is 3.62. The number of fused-ring (bicyclic) bond motifs is 1. The maximum Gasteiger partial charge on any atom is 0.147 e. The standard InChI is InChI=1S/C17H15ClN2O/c1-10-4-6-11(7-5-10)15(19)13-9-14(18)12-3-2-8-20-16(12)17(13)21/h2-9,15,21H,19H2,1H3. The number of pyridine rings is 1. The number of benzene rings is 2. The lowest BCUT2D eigenvalue weighted by atomic mass is 9.96. The number of rotatable bonds is 2. The van der Waals surface area contributed by atoms with Gasteiger partial charge < -0.3 is 10.8 Å². The van der Waals surface area contributed by atoms with Crippen molar-refractivity contribution in [2.45, 2.75) is 13.0 Å². The molecule has 3 rings (SSSR count). The molecule has 0 amide bonds. The SMILES string of the molecule is Cc1ccc(C(N)c2cc(Cl)c3cccnc3c2O)cc1. The third kappa shape index (κ3) is 2.46. The first-order chi connectivity index (χ1) is 10.1. The van der Waals surface area contributed by atoms with Gasteiger partial charge in [-0.15, -0.1) is 0 Å². The van der Waals surface area contributed by atoms with Gasteiger partial charge in [0.25, 0.3) is 0 Å². The van der Waals surface area contributed by atoms with Crippen LogP contribution < -0.4 is 5.73 Å². The molecule has 1 atom stereocenters. The van der Waals surface area contributed by atoms with E-state index in [1.165, 1.54) is 0 Å². The molecule has 4 heteroatoms. The van der Waals surface area contributed by atoms with E-state index < -0.39 is 6.04 Å². The van der Waals surface area contributed by atoms with Crippen molar-refractivity contribution in [1.29, 1.82) is 0 Å². The summed E-state index contributed by atoms with van der Waals surface area (Å²) in [5.74, 6) is 0.0862. The number of aryl methyl sites for hydroxylation is 1. The van der Waals surface area contributed by atoms with E-state index in [9.17, 15) is 5.11 Å². The van der Waals surface area contributed by atoms with Gasteiger partial charge in [-0.3, -0.25) is 4.98 Å². The summed E-state index contributed by atoms with van der Waals surface area (Å²) in [6.07, 6.45) is 1.62. The molecule has 3 N–H and O–H groups in total. The van der Waals surface area contributed by atoms with Crippen LogP contribution in [0, 0.1) is 6.92 Å². The van der Waals surface area contributed by atoms with E-state index in [0.717, 1.165) is 16.5 Å². The maximum absolute atomic E-state index is 10.5. The molecule has 1 aromatic heterocycles. The van der Waals surface area contributed by atoms with Crippen LogP contribution >= 0.6 is 11.6 Å². The van der Waals surface area contributed by atoms with E-state index >= 15 is 0 Å². The van der Waals surface area contributed by atoms with Gasteiger partial charge in [-0.05, 0) is 30.7 Å². The van der Waals surface area contributed by atoms with Crippen molar-refractivity contribution in [2.24, 2.45) is 5.73 Å². The van der Waals surface area contributed by atoms with Crippen LogP contribution in [0.5, 0.6) is 5.75 Å². The summed E-state index contributed by atoms with van der Waals surface area (Å²) in [6.45, 7) is 2.02. The van der Waals surface area contributed by atoms with Gasteiger partial charge in [0.2, 0.25) is 0 Å². The molecule has 0 spiro atoms. The maximum atomic E-state index is 10.5. The average molecular weight is 299 g/mol. The number of halogens is 1. The summed E-state index contributed by atoms with van der Waals surface area (Å²) in [4.78, 5) is 4.20. The summed E-state index contributed by atoms with van der Waals surface area (Å²) in [5, 5.41) is 11.7. The predicted molar refractivity (Wildman–Crippen MR) is 85.6 cm³/mol. The topological polar surface area (TPSA) is 59.1 Å². The molecule has 0 aliphatic rings. The second-order valence-electron chi connectivity index (χ2n) is 5.08. The molecule has 106 valence electrons. The molecule has 0 fully saturated rings. The minimum Gasteiger partial charge on any atom is -0.505 e. The number of nitrogens with two attached hydrogens (primary N) is 1. The van der Waals surface area contributed by atoms with Crippen molar-refractivity contribution in [2.75, 3.05) is 0 Å². The Hall–Kier alpha value is -2.10. The lowest BCUT2D eigenvalue weighted by molar-refractivity contribution is 0.470. The van der Waals surface area contributed by atoms with Gasteiger partial charge in [0, 0.05) is 17.1 Å². The first kappa shape index (κ1) is 13.9. The fourth-order valence-electron chi connectivity index (χ4n) is 2.40. The molecule has 3 nitrogen and oxygen atoms in total. The second kappa shape index (κ2) is 5.35. The third-order valence-corrected chi connectivity index (χ3v) is 3.93. The first-order valence-corrected chi connectivity index (χ1v) is 7.04. The molecular weight excluding hydrogens is 284 g/mol. The Kier molecular flexibility index (Phi) is 3.53. The normalized spacial score (nSPS) is 12.5. The lowest BCUT2D eigenvalue weighted by Gasteiger charge is -2.16. The first-order valence-electron chi connectivity index (χ1n) is 6.66. The highest BCUT2D eigenvalue weighted by atomic mass is 35.5. The van der Waals surface area contributed by atoms with Gasteiger partial charge in [0.15, 0.2) is 0 Å². The van der Waals surface area contributed by atoms with Crippen LogP contribution in [0.4, 0.5) is 0 Å². The summed E-state index contributed by atoms with van der Waals surface area (Å²) < 4.78 is 0. The molecule has 0 bridgehead atoms. The Balaban J connectivity index is 2.16. The number of phenolic OH excluding ortho intramolecular Hbond substituents is 1. The lowest BCUT2D eigenvalue weighted by Crippen LogP contribution is -2.12. The number of hydrogen-bond acceptors (Lipinski definition) is 3. The van der Waals surface area contributed by atoms with E-state index in [1.54, 1.807) is 18.3 Å². The molecule has 2 aromatic carbocycles. The van der Waals surface area contributed by atoms with Gasteiger partial charge in [-0.25, -0.2) is 0 Å². The van der Waals surface area contributed by atoms with Gasteiger partial charge in [0.1, 0.15) is 11.3 Å². The number of hydrogen-bond donors (Lipinski definition) is 2. The largest absolute Gasteiger partial charge is 0.505 e. The van der Waals surface area contributed by atoms with E-state index in [0.29, 0.717) is 16.1 Å². The zero-order chi connectivity index (χ0) is 15.0. The number of aromatic nitrogens is 1. The molecule has 0 aliphatic heterocycles. The van der Waals surface area contributed by atoms with E-state index in [4.69, 9.17) is 17.3 Å². The van der Waals surface area contributed by atoms with E-state index in [2.05, 4.69) is 4.98 Å². The van der Waals surface area contributed by atoms with Crippen molar-refractivity contribution in [1.82, 2.24) is 4.98 Å². The molecule has 1 unspecified atom stereocenters. The monoisotopic (exact) mass is 298 g/mol. The highest BCUT2D eigenvalue weighted by Crippen LogP contribution is 2.37. The Morgan fingerprint density at radius 2 is 1.90 bits per heavy atom. The summed E-state index contributed by atoms with van der Waals surface area (Å²) in [5.41, 5.74) is 9.41. The van der Waals surface area contributed by atoms with Crippen LogP contribution in [-0.2, 0) is 0 Å². The van der Waals surface area contributed by atoms with Gasteiger partial charge in [-0.1, -0.05) is 41.4 Å². The summed E-state index contributed by atoms with van der Waals surface area (Å²) >= 11 is 6.28. The molecule has 0 aliphatic carbocycles. The van der Waals surface area contributed by atoms with Gasteiger partial charge in [-0.2, -0.15) is 0 Å². The molecule has 0 saturated heterocycles. The van der Waals surface area contributed by atoms with Crippen molar-refractivity contribution in [3.05, 3.63) is 70.4 Å². The molecule has 3 aromatic rings. The zero-order valence-corrected chi connectivity index (χ0v) is 12.3. The minimum absolute atomic E-state index is 0.0862. The zero-order valence-electron chi connectivity index (χ0n) is 11.5. The number of phenols is 1. The number of nitrogens with zero attached hydrogens (tertiary/aromatic N) is 1. The number of aromatic hydroxyl groups is 1. The molecule has 21 heavy (non-hydrogen) atoms. The predicted octanol–water partition coefficient (Wildman–Crippen LogP) is 3.95. The Bertz CT molecular complexity index is 800. The second-order valence-corrected chi connectivity index (χ2v) is 5.49. The Morgan fingerprint density at radius 1 is 1.19 bits per heavy atom. The van der Waals surface area contributed by atoms with E-state index in [1.807, 2.05) is 37.3 Å². The van der Waals surface area contributed by atoms with Crippen LogP contribution in [0.3, 0.4) is 0 Å². The van der Waals surface area contributed by atoms with Gasteiger partial charge in [0.05, 0.1) is 11.1 Å². The molecule has 0 radical (unpaired) electrons. The smallest absolute Gasteiger partial charge is 0.147 e.